The average molecular weight is 951 g/mol. The van der Waals surface area contributed by atoms with E-state index in [1.54, 1.807) is 109 Å². The predicted molar refractivity (Wildman–Crippen MR) is 245 cm³/mol. The molecule has 0 aromatic heterocycles. The first-order chi connectivity index (χ1) is 34.1. The summed E-state index contributed by atoms with van der Waals surface area (Å²) in [6, 6.07) is 47.2. The SMILES string of the molecule is CO[C@@H]1O[C@@H]([C@@H]2O[C@@H](OC)[C@H](OC(=O)c3ccccc3)[C@@H](OC(=O)c3ccccc3)[C@@H]2OC(=O)c2ccccc2)[C@@H](OC(=O)c2ccccc2)[C@H](OC(=O)c2ccccc2)[C@H]1OC(=O)c1ccccc1. The highest BCUT2D eigenvalue weighted by atomic mass is 16.8. The van der Waals surface area contributed by atoms with E-state index in [0.717, 1.165) is 0 Å². The van der Waals surface area contributed by atoms with Crippen molar-refractivity contribution in [2.75, 3.05) is 14.2 Å². The second-order valence-electron chi connectivity index (χ2n) is 15.8. The second kappa shape index (κ2) is 22.9. The molecule has 2 heterocycles. The average Bonchev–Trinajstić information content (AvgIpc) is 3.41. The number of benzene rings is 6. The number of esters is 6. The standard InChI is InChI=1S/C54H46O16/c1-61-53-45(67-51(59)37-29-17-7-18-30-37)43(65-49(57)35-25-13-5-14-26-35)39(63-47(55)33-21-9-3-10-22-33)41(69-53)42-40(64-48(56)34-23-11-4-12-24-34)44(66-50(58)36-27-15-6-16-28-36)46(54(62-2)70-42)68-52(60)38-31-19-8-20-32-38/h3-32,39-46,53-54H,1-2H3/t39-,40-,41-,42-,43+,44+,45-,46-,53-,54-/m1/s1. The van der Waals surface area contributed by atoms with Crippen molar-refractivity contribution in [1.29, 1.82) is 0 Å². The van der Waals surface area contributed by atoms with Crippen molar-refractivity contribution in [3.05, 3.63) is 215 Å². The monoisotopic (exact) mass is 950 g/mol. The Hall–Kier alpha value is -8.02. The molecule has 6 aromatic rings. The van der Waals surface area contributed by atoms with Gasteiger partial charge in [0.1, 0.15) is 12.2 Å². The summed E-state index contributed by atoms with van der Waals surface area (Å²) < 4.78 is 62.2. The van der Waals surface area contributed by atoms with Gasteiger partial charge < -0.3 is 47.4 Å². The van der Waals surface area contributed by atoms with Gasteiger partial charge in [-0.3, -0.25) is 0 Å². The highest BCUT2D eigenvalue weighted by molar-refractivity contribution is 5.93. The zero-order chi connectivity index (χ0) is 49.0. The second-order valence-corrected chi connectivity index (χ2v) is 15.8. The van der Waals surface area contributed by atoms with Gasteiger partial charge in [0.05, 0.1) is 33.4 Å². The highest BCUT2D eigenvalue weighted by Crippen LogP contribution is 2.39. The molecule has 6 aromatic carbocycles. The Morgan fingerprint density at radius 1 is 0.286 bits per heavy atom. The van der Waals surface area contributed by atoms with Crippen molar-refractivity contribution in [2.24, 2.45) is 0 Å². The maximum atomic E-state index is 14.3. The first kappa shape index (κ1) is 48.4. The Bertz CT molecular complexity index is 2520. The maximum Gasteiger partial charge on any atom is 0.338 e. The lowest BCUT2D eigenvalue weighted by Crippen LogP contribution is -2.71. The summed E-state index contributed by atoms with van der Waals surface area (Å²) in [4.78, 5) is 85.0. The van der Waals surface area contributed by atoms with Crippen LogP contribution in [0, 0.1) is 0 Å². The summed E-state index contributed by atoms with van der Waals surface area (Å²) in [5.41, 5.74) is 0.455. The van der Waals surface area contributed by atoms with Crippen molar-refractivity contribution in [3.63, 3.8) is 0 Å². The molecule has 16 heteroatoms. The van der Waals surface area contributed by atoms with Crippen molar-refractivity contribution < 1.29 is 76.1 Å². The van der Waals surface area contributed by atoms with Crippen LogP contribution in [0.1, 0.15) is 62.1 Å². The molecule has 2 fully saturated rings. The molecule has 8 rings (SSSR count). The summed E-state index contributed by atoms with van der Waals surface area (Å²) in [6.07, 6.45) is -17.4. The minimum atomic E-state index is -1.84. The van der Waals surface area contributed by atoms with E-state index in [1.807, 2.05) is 0 Å². The molecule has 10 atom stereocenters. The van der Waals surface area contributed by atoms with Crippen LogP contribution in [-0.2, 0) is 47.4 Å². The van der Waals surface area contributed by atoms with E-state index in [2.05, 4.69) is 0 Å². The number of methoxy groups -OCH3 is 2. The minimum Gasteiger partial charge on any atom is -0.452 e. The van der Waals surface area contributed by atoms with Gasteiger partial charge in [-0.15, -0.1) is 0 Å². The van der Waals surface area contributed by atoms with Gasteiger partial charge in [0.15, 0.2) is 49.2 Å². The lowest BCUT2D eigenvalue weighted by molar-refractivity contribution is -0.349. The third kappa shape index (κ3) is 11.3. The molecule has 0 bridgehead atoms. The van der Waals surface area contributed by atoms with Crippen LogP contribution in [0.15, 0.2) is 182 Å². The first-order valence-electron chi connectivity index (χ1n) is 22.1. The fourth-order valence-corrected chi connectivity index (χ4v) is 7.96. The first-order valence-corrected chi connectivity index (χ1v) is 22.1. The van der Waals surface area contributed by atoms with Crippen molar-refractivity contribution in [3.8, 4) is 0 Å². The molecule has 0 unspecified atom stereocenters. The lowest BCUT2D eigenvalue weighted by atomic mass is 9.87. The fraction of sp³-hybridized carbons (Fsp3) is 0.222. The molecule has 0 N–H and O–H groups in total. The van der Waals surface area contributed by atoms with Crippen LogP contribution in [0.4, 0.5) is 0 Å². The highest BCUT2D eigenvalue weighted by Gasteiger charge is 2.62. The normalized spacial score (nSPS) is 23.9. The fourth-order valence-electron chi connectivity index (χ4n) is 7.96. The summed E-state index contributed by atoms with van der Waals surface area (Å²) in [5, 5.41) is 0. The third-order valence-corrected chi connectivity index (χ3v) is 11.4. The largest absolute Gasteiger partial charge is 0.452 e. The van der Waals surface area contributed by atoms with E-state index < -0.39 is 97.2 Å². The topological polar surface area (TPSA) is 195 Å². The summed E-state index contributed by atoms with van der Waals surface area (Å²) in [5.74, 6) is -5.55. The Labute approximate surface area is 401 Å². The molecule has 0 radical (unpaired) electrons. The summed E-state index contributed by atoms with van der Waals surface area (Å²) >= 11 is 0. The van der Waals surface area contributed by atoms with Gasteiger partial charge in [-0.25, -0.2) is 28.8 Å². The van der Waals surface area contributed by atoms with Crippen LogP contribution in [0.25, 0.3) is 0 Å². The van der Waals surface area contributed by atoms with Gasteiger partial charge >= 0.3 is 35.8 Å². The number of ether oxygens (including phenoxy) is 10. The van der Waals surface area contributed by atoms with Crippen LogP contribution in [-0.4, -0.2) is 111 Å². The summed E-state index contributed by atoms with van der Waals surface area (Å²) in [7, 11) is 2.46. The molecule has 2 aliphatic heterocycles. The van der Waals surface area contributed by atoms with Gasteiger partial charge in [-0.1, -0.05) is 109 Å². The van der Waals surface area contributed by atoms with Crippen LogP contribution in [0.5, 0.6) is 0 Å². The Morgan fingerprint density at radius 2 is 0.471 bits per heavy atom. The smallest absolute Gasteiger partial charge is 0.338 e. The molecule has 0 amide bonds. The molecule has 358 valence electrons. The zero-order valence-electron chi connectivity index (χ0n) is 37.6. The van der Waals surface area contributed by atoms with E-state index in [9.17, 15) is 28.8 Å². The van der Waals surface area contributed by atoms with Crippen molar-refractivity contribution in [1.82, 2.24) is 0 Å². The molecule has 2 aliphatic rings. The van der Waals surface area contributed by atoms with E-state index in [1.165, 1.54) is 87.0 Å². The summed E-state index contributed by atoms with van der Waals surface area (Å²) in [6.45, 7) is 0. The van der Waals surface area contributed by atoms with Crippen LogP contribution in [0.3, 0.4) is 0 Å². The number of carbonyl (C=O) groups excluding carboxylic acids is 6. The Kier molecular flexibility index (Phi) is 15.8. The van der Waals surface area contributed by atoms with Crippen LogP contribution < -0.4 is 0 Å². The molecule has 0 aliphatic carbocycles. The van der Waals surface area contributed by atoms with E-state index in [-0.39, 0.29) is 33.4 Å². The Morgan fingerprint density at radius 3 is 0.671 bits per heavy atom. The third-order valence-electron chi connectivity index (χ3n) is 11.4. The predicted octanol–water partition coefficient (Wildman–Crippen LogP) is 7.08. The van der Waals surface area contributed by atoms with E-state index in [0.29, 0.717) is 0 Å². The van der Waals surface area contributed by atoms with Gasteiger partial charge in [-0.2, -0.15) is 0 Å². The number of hydrogen-bond acceptors (Lipinski definition) is 16. The van der Waals surface area contributed by atoms with E-state index >= 15 is 0 Å². The number of hydrogen-bond donors (Lipinski definition) is 0. The van der Waals surface area contributed by atoms with Gasteiger partial charge in [0, 0.05) is 14.2 Å². The van der Waals surface area contributed by atoms with E-state index in [4.69, 9.17) is 47.4 Å². The number of rotatable bonds is 15. The van der Waals surface area contributed by atoms with Gasteiger partial charge in [-0.05, 0) is 72.8 Å². The molecular formula is C54H46O16. The molecular weight excluding hydrogens is 905 g/mol. The lowest BCUT2D eigenvalue weighted by Gasteiger charge is -2.51. The van der Waals surface area contributed by atoms with Gasteiger partial charge in [0.25, 0.3) is 0 Å². The van der Waals surface area contributed by atoms with Crippen molar-refractivity contribution >= 4 is 35.8 Å². The number of carbonyl (C=O) groups is 6. The molecule has 0 saturated carbocycles. The molecule has 16 nitrogen and oxygen atoms in total. The van der Waals surface area contributed by atoms with Gasteiger partial charge in [0.2, 0.25) is 0 Å². The van der Waals surface area contributed by atoms with Crippen molar-refractivity contribution in [2.45, 2.75) is 61.4 Å². The minimum absolute atomic E-state index is 0.0509. The molecule has 70 heavy (non-hydrogen) atoms. The zero-order valence-corrected chi connectivity index (χ0v) is 37.6. The van der Waals surface area contributed by atoms with Crippen LogP contribution in [0.2, 0.25) is 0 Å². The van der Waals surface area contributed by atoms with Crippen LogP contribution >= 0.6 is 0 Å². The maximum absolute atomic E-state index is 14.3. The quantitative estimate of drug-likeness (QED) is 0.0748. The molecule has 0 spiro atoms. The molecule has 2 saturated heterocycles. The Balaban J connectivity index is 1.29.